The maximum Gasteiger partial charge on any atom is 0.286 e. The van der Waals surface area contributed by atoms with Crippen LogP contribution in [0.3, 0.4) is 0 Å². The first-order valence-electron chi connectivity index (χ1n) is 13.5. The van der Waals surface area contributed by atoms with Crippen molar-refractivity contribution in [3.8, 4) is 0 Å². The van der Waals surface area contributed by atoms with E-state index in [1.807, 2.05) is 11.0 Å². The Labute approximate surface area is 213 Å². The molecule has 36 heavy (non-hydrogen) atoms. The van der Waals surface area contributed by atoms with Crippen molar-refractivity contribution in [1.82, 2.24) is 4.90 Å². The summed E-state index contributed by atoms with van der Waals surface area (Å²) < 4.78 is 30.7. The highest BCUT2D eigenvalue weighted by atomic mass is 32.2. The number of fused-ring (bicyclic) bond motifs is 6. The highest BCUT2D eigenvalue weighted by Crippen LogP contribution is 2.60. The van der Waals surface area contributed by atoms with Crippen LogP contribution in [0.5, 0.6) is 0 Å². The maximum absolute atomic E-state index is 14.0. The summed E-state index contributed by atoms with van der Waals surface area (Å²) in [6, 6.07) is 5.31. The molecular formula is C27H36N4O4S. The van der Waals surface area contributed by atoms with Crippen molar-refractivity contribution in [3.63, 3.8) is 0 Å². The van der Waals surface area contributed by atoms with Gasteiger partial charge in [-0.2, -0.15) is 8.42 Å². The minimum Gasteiger partial charge on any atom is -0.371 e. The normalized spacial score (nSPS) is 34.6. The number of nitrogens with zero attached hydrogens (tertiary/aromatic N) is 3. The second-order valence-corrected chi connectivity index (χ2v) is 13.5. The van der Waals surface area contributed by atoms with Crippen molar-refractivity contribution in [2.24, 2.45) is 34.0 Å². The van der Waals surface area contributed by atoms with E-state index in [9.17, 15) is 18.0 Å². The second-order valence-electron chi connectivity index (χ2n) is 11.9. The average molecular weight is 513 g/mol. The van der Waals surface area contributed by atoms with Crippen LogP contribution in [0.1, 0.15) is 59.3 Å². The molecule has 9 heteroatoms. The zero-order chi connectivity index (χ0) is 25.4. The van der Waals surface area contributed by atoms with Gasteiger partial charge < -0.3 is 15.1 Å². The molecule has 3 aliphatic heterocycles. The zero-order valence-electron chi connectivity index (χ0n) is 21.4. The van der Waals surface area contributed by atoms with E-state index >= 15 is 0 Å². The third kappa shape index (κ3) is 3.45. The zero-order valence-corrected chi connectivity index (χ0v) is 22.2. The SMILES string of the molecule is CC(C)CCN1C(=O)C(C2=NS(=O)(=O)c3cc(N4CCCC4)ccc3N2)C(=O)C2[C@H]3CC[C@H](C3)C21C. The number of nitrogens with one attached hydrogen (secondary N) is 1. The molecule has 194 valence electrons. The predicted molar refractivity (Wildman–Crippen MR) is 139 cm³/mol. The lowest BCUT2D eigenvalue weighted by Crippen LogP contribution is -2.68. The monoisotopic (exact) mass is 512 g/mol. The molecule has 1 aromatic carbocycles. The molecule has 6 rings (SSSR count). The van der Waals surface area contributed by atoms with E-state index in [0.717, 1.165) is 57.3 Å². The van der Waals surface area contributed by atoms with Crippen LogP contribution in [-0.4, -0.2) is 56.0 Å². The van der Waals surface area contributed by atoms with Gasteiger partial charge in [-0.05, 0) is 81.4 Å². The number of benzene rings is 1. The van der Waals surface area contributed by atoms with Crippen LogP contribution in [0.25, 0.3) is 0 Å². The third-order valence-electron chi connectivity index (χ3n) is 9.49. The number of sulfonamides is 1. The molecule has 2 saturated carbocycles. The van der Waals surface area contributed by atoms with Gasteiger partial charge in [0.2, 0.25) is 5.91 Å². The highest BCUT2D eigenvalue weighted by molar-refractivity contribution is 7.90. The summed E-state index contributed by atoms with van der Waals surface area (Å²) >= 11 is 0. The molecule has 8 nitrogen and oxygen atoms in total. The van der Waals surface area contributed by atoms with Gasteiger partial charge in [-0.15, -0.1) is 4.40 Å². The highest BCUT2D eigenvalue weighted by Gasteiger charge is 2.67. The summed E-state index contributed by atoms with van der Waals surface area (Å²) in [6.45, 7) is 8.73. The molecule has 2 aliphatic carbocycles. The van der Waals surface area contributed by atoms with Crippen molar-refractivity contribution >= 4 is 38.9 Å². The van der Waals surface area contributed by atoms with Crippen LogP contribution < -0.4 is 10.2 Å². The van der Waals surface area contributed by atoms with Gasteiger partial charge >= 0.3 is 0 Å². The second kappa shape index (κ2) is 8.30. The van der Waals surface area contributed by atoms with Gasteiger partial charge in [0.25, 0.3) is 10.0 Å². The Morgan fingerprint density at radius 1 is 1.17 bits per heavy atom. The number of rotatable bonds is 5. The van der Waals surface area contributed by atoms with E-state index in [4.69, 9.17) is 0 Å². The summed E-state index contributed by atoms with van der Waals surface area (Å²) in [7, 11) is -4.05. The van der Waals surface area contributed by atoms with Crippen molar-refractivity contribution in [2.75, 3.05) is 29.9 Å². The fourth-order valence-corrected chi connectivity index (χ4v) is 8.81. The number of piperidine rings is 1. The number of amides is 1. The Balaban J connectivity index is 1.37. The summed E-state index contributed by atoms with van der Waals surface area (Å²) in [6.07, 6.45) is 6.02. The van der Waals surface area contributed by atoms with E-state index in [1.54, 1.807) is 12.1 Å². The van der Waals surface area contributed by atoms with Crippen LogP contribution in [0, 0.1) is 29.6 Å². The predicted octanol–water partition coefficient (Wildman–Crippen LogP) is 3.68. The number of hydrogen-bond donors (Lipinski definition) is 1. The maximum atomic E-state index is 14.0. The summed E-state index contributed by atoms with van der Waals surface area (Å²) in [5, 5.41) is 3.11. The molecule has 0 radical (unpaired) electrons. The molecule has 5 aliphatic rings. The fraction of sp³-hybridized carbons (Fsp3) is 0.667. The number of hydrogen-bond acceptors (Lipinski definition) is 6. The van der Waals surface area contributed by atoms with Crippen LogP contribution in [0.4, 0.5) is 11.4 Å². The van der Waals surface area contributed by atoms with Crippen molar-refractivity contribution in [3.05, 3.63) is 18.2 Å². The molecule has 5 atom stereocenters. The van der Waals surface area contributed by atoms with Crippen LogP contribution >= 0.6 is 0 Å². The third-order valence-corrected chi connectivity index (χ3v) is 10.8. The van der Waals surface area contributed by atoms with Crippen molar-refractivity contribution in [1.29, 1.82) is 0 Å². The lowest BCUT2D eigenvalue weighted by molar-refractivity contribution is -0.161. The number of anilines is 2. The molecule has 4 fully saturated rings. The molecule has 2 bridgehead atoms. The summed E-state index contributed by atoms with van der Waals surface area (Å²) in [5.74, 6) is -0.973. The minimum atomic E-state index is -4.05. The van der Waals surface area contributed by atoms with E-state index in [1.165, 1.54) is 0 Å². The molecule has 0 spiro atoms. The lowest BCUT2D eigenvalue weighted by Gasteiger charge is -2.53. The molecule has 0 aromatic heterocycles. The number of likely N-dealkylation sites (tertiary alicyclic amines) is 1. The van der Waals surface area contributed by atoms with E-state index < -0.39 is 21.5 Å². The number of Topliss-reactive ketones (excluding diaryl/α,β-unsaturated/α-hetero) is 1. The Hall–Kier alpha value is -2.42. The van der Waals surface area contributed by atoms with Crippen molar-refractivity contribution in [2.45, 2.75) is 69.7 Å². The quantitative estimate of drug-likeness (QED) is 0.605. The number of carbonyl (C=O) groups is 2. The van der Waals surface area contributed by atoms with Gasteiger partial charge in [0.15, 0.2) is 11.7 Å². The summed E-state index contributed by atoms with van der Waals surface area (Å²) in [4.78, 5) is 32.2. The molecule has 3 unspecified atom stereocenters. The first kappa shape index (κ1) is 23.9. The molecule has 1 N–H and O–H groups in total. The van der Waals surface area contributed by atoms with E-state index in [0.29, 0.717) is 24.1 Å². The number of carbonyl (C=O) groups excluding carboxylic acids is 2. The Morgan fingerprint density at radius 3 is 2.64 bits per heavy atom. The minimum absolute atomic E-state index is 0.0363. The smallest absolute Gasteiger partial charge is 0.286 e. The summed E-state index contributed by atoms with van der Waals surface area (Å²) in [5.41, 5.74) is 0.760. The average Bonchev–Trinajstić information content (AvgIpc) is 3.56. The number of amidine groups is 1. The largest absolute Gasteiger partial charge is 0.371 e. The van der Waals surface area contributed by atoms with E-state index in [-0.39, 0.29) is 34.3 Å². The van der Waals surface area contributed by atoms with Gasteiger partial charge in [-0.1, -0.05) is 13.8 Å². The van der Waals surface area contributed by atoms with Gasteiger partial charge in [0.1, 0.15) is 10.7 Å². The van der Waals surface area contributed by atoms with Gasteiger partial charge in [-0.3, -0.25) is 9.59 Å². The first-order chi connectivity index (χ1) is 17.1. The Kier molecular flexibility index (Phi) is 5.52. The lowest BCUT2D eigenvalue weighted by atomic mass is 9.65. The standard InChI is InChI=1S/C27H36N4O4S/c1-16(2)10-13-31-26(33)22(24(32)23-17-6-7-18(14-17)27(23,31)3)25-28-20-9-8-19(30-11-4-5-12-30)15-21(20)36(34,35)29-25/h8-9,15-18,22-23H,4-7,10-14H2,1-3H3,(H,28,29)/t17-,18+,22?,23?,27?/m0/s1. The molecular weight excluding hydrogens is 476 g/mol. The molecule has 1 amide bonds. The van der Waals surface area contributed by atoms with E-state index in [2.05, 4.69) is 35.4 Å². The first-order valence-corrected chi connectivity index (χ1v) is 14.9. The van der Waals surface area contributed by atoms with Crippen LogP contribution in [0.15, 0.2) is 27.5 Å². The molecule has 2 saturated heterocycles. The van der Waals surface area contributed by atoms with Gasteiger partial charge in [-0.25, -0.2) is 0 Å². The molecule has 3 heterocycles. The Bertz CT molecular complexity index is 1250. The van der Waals surface area contributed by atoms with Crippen LogP contribution in [0.2, 0.25) is 0 Å². The van der Waals surface area contributed by atoms with Crippen LogP contribution in [-0.2, 0) is 19.6 Å². The Morgan fingerprint density at radius 2 is 1.92 bits per heavy atom. The number of ketones is 1. The topological polar surface area (TPSA) is 99.2 Å². The fourth-order valence-electron chi connectivity index (χ4n) is 7.64. The van der Waals surface area contributed by atoms with Gasteiger partial charge in [0.05, 0.1) is 11.2 Å². The van der Waals surface area contributed by atoms with Gasteiger partial charge in [0, 0.05) is 31.2 Å². The molecule has 1 aromatic rings. The van der Waals surface area contributed by atoms with Crippen molar-refractivity contribution < 1.29 is 18.0 Å².